The number of aryl methyl sites for hydroxylation is 1. The number of unbranched alkanes of at least 4 members (excludes halogenated alkanes) is 1. The number of nitrogens with one attached hydrogen (secondary N) is 2. The standard InChI is InChI=1S/C28H32BrN3/c1-5-6-17-28(3,4)27(31)32(26(30)23-13-10-14-24(29)19-23)25-16-15-22(18-20(25)2)21-11-8-7-9-12-21/h7-16,18-19,30-31H,5-6,17H2,1-4H3. The van der Waals surface area contributed by atoms with E-state index in [2.05, 4.69) is 74.0 Å². The smallest absolute Gasteiger partial charge is 0.138 e. The minimum Gasteiger partial charge on any atom is -0.287 e. The van der Waals surface area contributed by atoms with Gasteiger partial charge in [0, 0.05) is 15.5 Å². The fourth-order valence-electron chi connectivity index (χ4n) is 3.87. The first-order chi connectivity index (χ1) is 15.2. The van der Waals surface area contributed by atoms with E-state index in [0.29, 0.717) is 11.7 Å². The van der Waals surface area contributed by atoms with Gasteiger partial charge in [0.1, 0.15) is 11.7 Å². The van der Waals surface area contributed by atoms with Crippen molar-refractivity contribution in [3.05, 3.63) is 88.4 Å². The van der Waals surface area contributed by atoms with Gasteiger partial charge in [-0.2, -0.15) is 0 Å². The van der Waals surface area contributed by atoms with Gasteiger partial charge in [-0.25, -0.2) is 0 Å². The van der Waals surface area contributed by atoms with Crippen LogP contribution in [0.4, 0.5) is 5.69 Å². The molecule has 0 radical (unpaired) electrons. The Labute approximate surface area is 200 Å². The Morgan fingerprint density at radius 3 is 2.25 bits per heavy atom. The van der Waals surface area contributed by atoms with E-state index in [1.165, 1.54) is 0 Å². The van der Waals surface area contributed by atoms with Gasteiger partial charge >= 0.3 is 0 Å². The predicted octanol–water partition coefficient (Wildman–Crippen LogP) is 8.45. The van der Waals surface area contributed by atoms with E-state index in [4.69, 9.17) is 5.41 Å². The maximum atomic E-state index is 9.19. The van der Waals surface area contributed by atoms with E-state index < -0.39 is 0 Å². The van der Waals surface area contributed by atoms with Crippen LogP contribution in [0, 0.1) is 23.2 Å². The summed E-state index contributed by atoms with van der Waals surface area (Å²) < 4.78 is 0.924. The van der Waals surface area contributed by atoms with Crippen molar-refractivity contribution in [3.63, 3.8) is 0 Å². The lowest BCUT2D eigenvalue weighted by Crippen LogP contribution is -2.45. The van der Waals surface area contributed by atoms with E-state index >= 15 is 0 Å². The van der Waals surface area contributed by atoms with Gasteiger partial charge in [-0.05, 0) is 54.3 Å². The highest BCUT2D eigenvalue weighted by Crippen LogP contribution is 2.34. The summed E-state index contributed by atoms with van der Waals surface area (Å²) in [6.45, 7) is 8.46. The van der Waals surface area contributed by atoms with E-state index in [1.807, 2.05) is 47.4 Å². The molecular weight excluding hydrogens is 458 g/mol. The van der Waals surface area contributed by atoms with Gasteiger partial charge < -0.3 is 0 Å². The summed E-state index contributed by atoms with van der Waals surface area (Å²) in [7, 11) is 0. The minimum atomic E-state index is -0.348. The molecule has 0 saturated heterocycles. The lowest BCUT2D eigenvalue weighted by atomic mass is 9.84. The quantitative estimate of drug-likeness (QED) is 0.253. The van der Waals surface area contributed by atoms with E-state index in [0.717, 1.165) is 51.7 Å². The van der Waals surface area contributed by atoms with Gasteiger partial charge in [-0.3, -0.25) is 15.7 Å². The molecule has 2 N–H and O–H groups in total. The van der Waals surface area contributed by atoms with Crippen molar-refractivity contribution in [2.45, 2.75) is 47.0 Å². The third-order valence-corrected chi connectivity index (χ3v) is 6.38. The summed E-state index contributed by atoms with van der Waals surface area (Å²) >= 11 is 3.53. The van der Waals surface area contributed by atoms with Crippen LogP contribution in [0.25, 0.3) is 11.1 Å². The molecule has 166 valence electrons. The van der Waals surface area contributed by atoms with Crippen molar-refractivity contribution < 1.29 is 0 Å². The summed E-state index contributed by atoms with van der Waals surface area (Å²) in [5.41, 5.74) is 4.65. The van der Waals surface area contributed by atoms with Crippen molar-refractivity contribution in [2.24, 2.45) is 5.41 Å². The molecule has 3 nitrogen and oxygen atoms in total. The molecule has 0 amide bonds. The van der Waals surface area contributed by atoms with Crippen LogP contribution < -0.4 is 4.90 Å². The second-order valence-electron chi connectivity index (χ2n) is 8.90. The van der Waals surface area contributed by atoms with Gasteiger partial charge in [-0.1, -0.05) is 98.1 Å². The molecular formula is C28H32BrN3. The largest absolute Gasteiger partial charge is 0.287 e. The highest BCUT2D eigenvalue weighted by Gasteiger charge is 2.32. The molecule has 0 fully saturated rings. The molecule has 0 aliphatic rings. The van der Waals surface area contributed by atoms with Crippen LogP contribution in [-0.4, -0.2) is 11.7 Å². The van der Waals surface area contributed by atoms with E-state index in [9.17, 15) is 5.41 Å². The van der Waals surface area contributed by atoms with Crippen molar-refractivity contribution in [2.75, 3.05) is 4.90 Å². The summed E-state index contributed by atoms with van der Waals surface area (Å²) in [4.78, 5) is 1.82. The van der Waals surface area contributed by atoms with Crippen molar-refractivity contribution in [3.8, 4) is 11.1 Å². The van der Waals surface area contributed by atoms with Crippen molar-refractivity contribution in [1.29, 1.82) is 10.8 Å². The van der Waals surface area contributed by atoms with Crippen LogP contribution in [0.3, 0.4) is 0 Å². The van der Waals surface area contributed by atoms with Crippen LogP contribution in [0.5, 0.6) is 0 Å². The second kappa shape index (κ2) is 10.3. The third-order valence-electron chi connectivity index (χ3n) is 5.89. The van der Waals surface area contributed by atoms with Crippen LogP contribution in [0.1, 0.15) is 51.2 Å². The number of rotatable bonds is 7. The molecule has 0 atom stereocenters. The first kappa shape index (κ1) is 23.9. The Morgan fingerprint density at radius 2 is 1.62 bits per heavy atom. The van der Waals surface area contributed by atoms with Gasteiger partial charge in [0.25, 0.3) is 0 Å². The molecule has 4 heteroatoms. The summed E-state index contributed by atoms with van der Waals surface area (Å²) in [5, 5.41) is 18.3. The Bertz CT molecular complexity index is 1100. The predicted molar refractivity (Wildman–Crippen MR) is 141 cm³/mol. The van der Waals surface area contributed by atoms with Crippen LogP contribution in [-0.2, 0) is 0 Å². The SMILES string of the molecule is CCCCC(C)(C)C(=N)N(C(=N)c1cccc(Br)c1)c1ccc(-c2ccccc2)cc1C. The number of nitrogens with zero attached hydrogens (tertiary/aromatic N) is 1. The monoisotopic (exact) mass is 489 g/mol. The first-order valence-electron chi connectivity index (χ1n) is 11.1. The number of hydrogen-bond donors (Lipinski definition) is 2. The normalized spacial score (nSPS) is 11.3. The Kier molecular flexibility index (Phi) is 7.68. The summed E-state index contributed by atoms with van der Waals surface area (Å²) in [5.74, 6) is 0.767. The van der Waals surface area contributed by atoms with Gasteiger partial charge in [-0.15, -0.1) is 0 Å². The Morgan fingerprint density at radius 1 is 0.906 bits per heavy atom. The van der Waals surface area contributed by atoms with Gasteiger partial charge in [0.2, 0.25) is 0 Å². The molecule has 0 aliphatic heterocycles. The van der Waals surface area contributed by atoms with Gasteiger partial charge in [0.15, 0.2) is 0 Å². The van der Waals surface area contributed by atoms with E-state index in [-0.39, 0.29) is 5.41 Å². The lowest BCUT2D eigenvalue weighted by molar-refractivity contribution is 0.447. The topological polar surface area (TPSA) is 50.9 Å². The molecule has 0 unspecified atom stereocenters. The number of hydrogen-bond acceptors (Lipinski definition) is 2. The molecule has 0 spiro atoms. The fraction of sp³-hybridized carbons (Fsp3) is 0.286. The minimum absolute atomic E-state index is 0.316. The molecule has 3 rings (SSSR count). The van der Waals surface area contributed by atoms with Crippen LogP contribution in [0.2, 0.25) is 0 Å². The maximum absolute atomic E-state index is 9.19. The molecule has 32 heavy (non-hydrogen) atoms. The first-order valence-corrected chi connectivity index (χ1v) is 11.9. The van der Waals surface area contributed by atoms with Crippen LogP contribution in [0.15, 0.2) is 77.3 Å². The van der Waals surface area contributed by atoms with Crippen molar-refractivity contribution in [1.82, 2.24) is 0 Å². The highest BCUT2D eigenvalue weighted by molar-refractivity contribution is 9.10. The fourth-order valence-corrected chi connectivity index (χ4v) is 4.27. The molecule has 3 aromatic carbocycles. The zero-order valence-electron chi connectivity index (χ0n) is 19.4. The molecule has 0 heterocycles. The summed E-state index contributed by atoms with van der Waals surface area (Å²) in [6, 6.07) is 24.4. The Hall–Kier alpha value is -2.72. The molecule has 3 aromatic rings. The number of halogens is 1. The van der Waals surface area contributed by atoms with E-state index in [1.54, 1.807) is 0 Å². The third kappa shape index (κ3) is 5.36. The average molecular weight is 490 g/mol. The zero-order valence-corrected chi connectivity index (χ0v) is 21.0. The van der Waals surface area contributed by atoms with Gasteiger partial charge in [0.05, 0.1) is 5.69 Å². The molecule has 0 aliphatic carbocycles. The number of anilines is 1. The number of benzene rings is 3. The summed E-state index contributed by atoms with van der Waals surface area (Å²) in [6.07, 6.45) is 3.05. The highest BCUT2D eigenvalue weighted by atomic mass is 79.9. The maximum Gasteiger partial charge on any atom is 0.138 e. The average Bonchev–Trinajstić information content (AvgIpc) is 2.79. The lowest BCUT2D eigenvalue weighted by Gasteiger charge is -2.36. The molecule has 0 bridgehead atoms. The number of amidine groups is 2. The Balaban J connectivity index is 2.08. The zero-order chi connectivity index (χ0) is 23.3. The van der Waals surface area contributed by atoms with Crippen molar-refractivity contribution >= 4 is 33.3 Å². The van der Waals surface area contributed by atoms with Crippen LogP contribution >= 0.6 is 15.9 Å². The molecule has 0 saturated carbocycles. The molecule has 0 aromatic heterocycles. The second-order valence-corrected chi connectivity index (χ2v) is 9.81.